The standard InChI is InChI=1S/C22H20N6O2/c1-13-7-23-8-17-19(13)22(29)28(12-24-17)11-18-25-21(26-30-18)20-15-9-27(10-16(15)20)14-5-3-2-4-6-14/h2-8,12,15-16,20H,9-11H2,1H3/t15-,16+,20+. The molecule has 1 aliphatic carbocycles. The number of fused-ring (bicyclic) bond motifs is 2. The quantitative estimate of drug-likeness (QED) is 0.519. The van der Waals surface area contributed by atoms with Crippen molar-refractivity contribution in [3.05, 3.63) is 76.7 Å². The van der Waals surface area contributed by atoms with E-state index in [0.29, 0.717) is 34.5 Å². The predicted molar refractivity (Wildman–Crippen MR) is 110 cm³/mol. The number of piperidine rings is 1. The summed E-state index contributed by atoms with van der Waals surface area (Å²) in [5.41, 5.74) is 2.54. The number of hydrogen-bond donors (Lipinski definition) is 0. The normalized spacial score (nSPS) is 22.4. The lowest BCUT2D eigenvalue weighted by Crippen LogP contribution is -2.23. The van der Waals surface area contributed by atoms with Crippen molar-refractivity contribution in [1.82, 2.24) is 24.7 Å². The summed E-state index contributed by atoms with van der Waals surface area (Å²) in [7, 11) is 0. The number of rotatable bonds is 4. The Kier molecular flexibility index (Phi) is 3.74. The molecule has 0 radical (unpaired) electrons. The maximum Gasteiger partial charge on any atom is 0.262 e. The van der Waals surface area contributed by atoms with E-state index in [9.17, 15) is 4.79 Å². The summed E-state index contributed by atoms with van der Waals surface area (Å²) in [5.74, 6) is 2.67. The highest BCUT2D eigenvalue weighted by molar-refractivity contribution is 5.79. The molecule has 1 aliphatic heterocycles. The van der Waals surface area contributed by atoms with Gasteiger partial charge in [-0.3, -0.25) is 14.3 Å². The molecule has 0 bridgehead atoms. The zero-order valence-corrected chi connectivity index (χ0v) is 16.5. The molecule has 0 amide bonds. The summed E-state index contributed by atoms with van der Waals surface area (Å²) in [5, 5.41) is 4.79. The fourth-order valence-electron chi connectivity index (χ4n) is 4.74. The van der Waals surface area contributed by atoms with Crippen molar-refractivity contribution in [2.45, 2.75) is 19.4 Å². The number of benzene rings is 1. The van der Waals surface area contributed by atoms with E-state index >= 15 is 0 Å². The number of aryl methyl sites for hydroxylation is 1. The van der Waals surface area contributed by atoms with Gasteiger partial charge in [-0.05, 0) is 36.5 Å². The zero-order valence-electron chi connectivity index (χ0n) is 16.5. The first-order valence-electron chi connectivity index (χ1n) is 10.1. The average molecular weight is 400 g/mol. The Balaban J connectivity index is 1.19. The van der Waals surface area contributed by atoms with Crippen LogP contribution < -0.4 is 10.5 Å². The second kappa shape index (κ2) is 6.48. The van der Waals surface area contributed by atoms with Crippen molar-refractivity contribution in [2.75, 3.05) is 18.0 Å². The van der Waals surface area contributed by atoms with E-state index in [1.54, 1.807) is 12.4 Å². The topological polar surface area (TPSA) is 89.9 Å². The molecule has 3 atom stereocenters. The molecule has 30 heavy (non-hydrogen) atoms. The zero-order chi connectivity index (χ0) is 20.2. The Bertz CT molecular complexity index is 1290. The second-order valence-corrected chi connectivity index (χ2v) is 8.17. The molecule has 1 aromatic carbocycles. The fourth-order valence-corrected chi connectivity index (χ4v) is 4.74. The van der Waals surface area contributed by atoms with E-state index in [4.69, 9.17) is 4.52 Å². The van der Waals surface area contributed by atoms with Crippen LogP contribution >= 0.6 is 0 Å². The highest BCUT2D eigenvalue weighted by atomic mass is 16.5. The molecule has 1 saturated heterocycles. The summed E-state index contributed by atoms with van der Waals surface area (Å²) >= 11 is 0. The molecule has 150 valence electrons. The van der Waals surface area contributed by atoms with Crippen LogP contribution in [-0.2, 0) is 6.54 Å². The summed E-state index contributed by atoms with van der Waals surface area (Å²) in [4.78, 5) is 28.3. The lowest BCUT2D eigenvalue weighted by atomic mass is 10.2. The van der Waals surface area contributed by atoms with Crippen LogP contribution in [0.2, 0.25) is 0 Å². The highest BCUT2D eigenvalue weighted by Crippen LogP contribution is 2.57. The minimum atomic E-state index is -0.124. The van der Waals surface area contributed by atoms with E-state index in [0.717, 1.165) is 24.5 Å². The molecular formula is C22H20N6O2. The average Bonchev–Trinajstić information content (AvgIpc) is 3.10. The molecule has 8 heteroatoms. The van der Waals surface area contributed by atoms with Crippen molar-refractivity contribution in [3.8, 4) is 0 Å². The highest BCUT2D eigenvalue weighted by Gasteiger charge is 2.58. The van der Waals surface area contributed by atoms with E-state index < -0.39 is 0 Å². The van der Waals surface area contributed by atoms with Gasteiger partial charge in [0.25, 0.3) is 5.56 Å². The van der Waals surface area contributed by atoms with Crippen LogP contribution in [0.4, 0.5) is 5.69 Å². The van der Waals surface area contributed by atoms with Gasteiger partial charge in [-0.1, -0.05) is 23.4 Å². The molecule has 2 fully saturated rings. The lowest BCUT2D eigenvalue weighted by molar-refractivity contribution is 0.363. The lowest BCUT2D eigenvalue weighted by Gasteiger charge is -2.21. The largest absolute Gasteiger partial charge is 0.371 e. The Morgan fingerprint density at radius 2 is 1.93 bits per heavy atom. The van der Waals surface area contributed by atoms with Gasteiger partial charge in [0.1, 0.15) is 6.54 Å². The number of pyridine rings is 1. The van der Waals surface area contributed by atoms with Gasteiger partial charge in [0.2, 0.25) is 5.89 Å². The minimum Gasteiger partial charge on any atom is -0.371 e. The summed E-state index contributed by atoms with van der Waals surface area (Å²) in [6, 6.07) is 10.5. The van der Waals surface area contributed by atoms with E-state index in [2.05, 4.69) is 49.3 Å². The molecule has 4 heterocycles. The number of anilines is 1. The van der Waals surface area contributed by atoms with Crippen LogP contribution in [-0.4, -0.2) is 37.8 Å². The third kappa shape index (κ3) is 2.71. The number of nitrogens with zero attached hydrogens (tertiary/aromatic N) is 6. The Morgan fingerprint density at radius 1 is 1.13 bits per heavy atom. The van der Waals surface area contributed by atoms with E-state index in [1.807, 2.05) is 13.0 Å². The van der Waals surface area contributed by atoms with Gasteiger partial charge in [0.15, 0.2) is 5.82 Å². The maximum atomic E-state index is 12.8. The first-order valence-corrected chi connectivity index (χ1v) is 10.1. The first-order chi connectivity index (χ1) is 14.7. The molecule has 1 saturated carbocycles. The van der Waals surface area contributed by atoms with Gasteiger partial charge in [-0.25, -0.2) is 4.98 Å². The van der Waals surface area contributed by atoms with Crippen molar-refractivity contribution in [3.63, 3.8) is 0 Å². The number of aromatic nitrogens is 5. The van der Waals surface area contributed by atoms with E-state index in [-0.39, 0.29) is 12.1 Å². The van der Waals surface area contributed by atoms with Crippen molar-refractivity contribution in [2.24, 2.45) is 11.8 Å². The van der Waals surface area contributed by atoms with Gasteiger partial charge in [-0.2, -0.15) is 4.98 Å². The molecule has 8 nitrogen and oxygen atoms in total. The third-order valence-electron chi connectivity index (χ3n) is 6.33. The van der Waals surface area contributed by atoms with Gasteiger partial charge in [-0.15, -0.1) is 0 Å². The van der Waals surface area contributed by atoms with Gasteiger partial charge >= 0.3 is 0 Å². The predicted octanol–water partition coefficient (Wildman–Crippen LogP) is 2.38. The second-order valence-electron chi connectivity index (χ2n) is 8.17. The Hall–Kier alpha value is -3.55. The smallest absolute Gasteiger partial charge is 0.262 e. The van der Waals surface area contributed by atoms with Crippen LogP contribution in [0, 0.1) is 18.8 Å². The first kappa shape index (κ1) is 17.3. The number of hydrogen-bond acceptors (Lipinski definition) is 7. The molecule has 3 aromatic heterocycles. The molecule has 0 unspecified atom stereocenters. The molecule has 2 aliphatic rings. The molecular weight excluding hydrogens is 380 g/mol. The van der Waals surface area contributed by atoms with Crippen LogP contribution in [0.15, 0.2) is 58.4 Å². The molecule has 6 rings (SSSR count). The molecule has 0 spiro atoms. The van der Waals surface area contributed by atoms with Crippen molar-refractivity contribution in [1.29, 1.82) is 0 Å². The van der Waals surface area contributed by atoms with E-state index in [1.165, 1.54) is 16.6 Å². The summed E-state index contributed by atoms with van der Waals surface area (Å²) < 4.78 is 6.98. The SMILES string of the molecule is Cc1cncc2ncn(Cc3nc([C@H]4[C@@H]5CN(c6ccccc6)C[C@@H]54)no3)c(=O)c12. The fraction of sp³-hybridized carbons (Fsp3) is 0.318. The maximum absolute atomic E-state index is 12.8. The van der Waals surface area contributed by atoms with Gasteiger partial charge in [0.05, 0.1) is 23.4 Å². The Labute approximate surface area is 172 Å². The van der Waals surface area contributed by atoms with Crippen LogP contribution in [0.3, 0.4) is 0 Å². The van der Waals surface area contributed by atoms with Gasteiger partial charge < -0.3 is 9.42 Å². The minimum absolute atomic E-state index is 0.124. The third-order valence-corrected chi connectivity index (χ3v) is 6.33. The van der Waals surface area contributed by atoms with Gasteiger partial charge in [0, 0.05) is 30.9 Å². The molecule has 0 N–H and O–H groups in total. The van der Waals surface area contributed by atoms with Crippen LogP contribution in [0.25, 0.3) is 10.9 Å². The summed E-state index contributed by atoms with van der Waals surface area (Å²) in [6.45, 7) is 4.11. The molecule has 4 aromatic rings. The van der Waals surface area contributed by atoms with Crippen molar-refractivity contribution < 1.29 is 4.52 Å². The number of para-hydroxylation sites is 1. The summed E-state index contributed by atoms with van der Waals surface area (Å²) in [6.07, 6.45) is 4.79. The van der Waals surface area contributed by atoms with Crippen LogP contribution in [0.1, 0.15) is 23.2 Å². The Morgan fingerprint density at radius 3 is 2.73 bits per heavy atom. The monoisotopic (exact) mass is 400 g/mol. The van der Waals surface area contributed by atoms with Crippen molar-refractivity contribution >= 4 is 16.6 Å². The van der Waals surface area contributed by atoms with Crippen LogP contribution in [0.5, 0.6) is 0 Å².